The molecule has 0 amide bonds. The molecule has 1 aromatic rings. The second kappa shape index (κ2) is 4.90. The first-order valence-electron chi connectivity index (χ1n) is 6.27. The van der Waals surface area contributed by atoms with Crippen LogP contribution in [0, 0.1) is 0 Å². The number of aliphatic hydroxyl groups is 1. The van der Waals surface area contributed by atoms with E-state index >= 15 is 0 Å². The van der Waals surface area contributed by atoms with Crippen LogP contribution in [-0.2, 0) is 0 Å². The topological polar surface area (TPSA) is 49.2 Å². The summed E-state index contributed by atoms with van der Waals surface area (Å²) in [5.74, 6) is 1.26. The molecule has 1 saturated carbocycles. The number of aromatic nitrogens is 2. The Hall–Kier alpha value is -0.680. The minimum Gasteiger partial charge on any atom is -0.388 e. The van der Waals surface area contributed by atoms with Crippen LogP contribution in [0.3, 0.4) is 0 Å². The van der Waals surface area contributed by atoms with Crippen LogP contribution in [0.2, 0.25) is 0 Å². The Morgan fingerprint density at radius 2 is 2.06 bits per heavy atom. The molecule has 0 radical (unpaired) electrons. The van der Waals surface area contributed by atoms with Crippen molar-refractivity contribution in [2.75, 3.05) is 18.5 Å². The molecule has 17 heavy (non-hydrogen) atoms. The molecule has 0 spiro atoms. The Balaban J connectivity index is 2.01. The Bertz CT molecular complexity index is 372. The summed E-state index contributed by atoms with van der Waals surface area (Å²) in [5, 5.41) is 11.3. The van der Waals surface area contributed by atoms with Crippen LogP contribution in [-0.4, -0.2) is 33.7 Å². The summed E-state index contributed by atoms with van der Waals surface area (Å²) >= 11 is 1.42. The number of nitrogens with zero attached hydrogens (tertiary/aromatic N) is 3. The number of rotatable bonds is 4. The molecule has 4 nitrogen and oxygen atoms in total. The van der Waals surface area contributed by atoms with Crippen molar-refractivity contribution in [3.63, 3.8) is 0 Å². The fraction of sp³-hybridized carbons (Fsp3) is 0.833. The molecule has 2 rings (SSSR count). The summed E-state index contributed by atoms with van der Waals surface area (Å²) in [7, 11) is 1.99. The van der Waals surface area contributed by atoms with Gasteiger partial charge in [-0.05, 0) is 12.8 Å². The molecule has 0 bridgehead atoms. The van der Waals surface area contributed by atoms with Crippen molar-refractivity contribution >= 4 is 16.7 Å². The number of anilines is 1. The molecule has 5 heteroatoms. The molecule has 0 aromatic carbocycles. The van der Waals surface area contributed by atoms with Crippen molar-refractivity contribution in [2.24, 2.45) is 0 Å². The summed E-state index contributed by atoms with van der Waals surface area (Å²) < 4.78 is 4.34. The van der Waals surface area contributed by atoms with Gasteiger partial charge in [0.2, 0.25) is 5.13 Å². The molecule has 1 aliphatic carbocycles. The monoisotopic (exact) mass is 255 g/mol. The molecular weight excluding hydrogens is 234 g/mol. The van der Waals surface area contributed by atoms with Gasteiger partial charge >= 0.3 is 0 Å². The molecule has 0 aliphatic heterocycles. The average Bonchev–Trinajstić information content (AvgIpc) is 2.86. The van der Waals surface area contributed by atoms with Crippen molar-refractivity contribution in [2.45, 2.75) is 51.0 Å². The first kappa shape index (κ1) is 12.8. The number of hydrogen-bond acceptors (Lipinski definition) is 5. The second-order valence-electron chi connectivity index (χ2n) is 5.38. The zero-order valence-electron chi connectivity index (χ0n) is 10.8. The molecule has 1 aliphatic rings. The molecule has 1 aromatic heterocycles. The van der Waals surface area contributed by atoms with Gasteiger partial charge in [0.1, 0.15) is 5.82 Å². The van der Waals surface area contributed by atoms with Crippen molar-refractivity contribution < 1.29 is 5.11 Å². The Kier molecular flexibility index (Phi) is 3.68. The van der Waals surface area contributed by atoms with Gasteiger partial charge in [0.25, 0.3) is 0 Å². The highest BCUT2D eigenvalue weighted by molar-refractivity contribution is 7.09. The van der Waals surface area contributed by atoms with Gasteiger partial charge in [-0.15, -0.1) is 0 Å². The lowest BCUT2D eigenvalue weighted by Crippen LogP contribution is -2.39. The highest BCUT2D eigenvalue weighted by atomic mass is 32.1. The Labute approximate surface area is 107 Å². The Morgan fingerprint density at radius 3 is 2.59 bits per heavy atom. The van der Waals surface area contributed by atoms with Gasteiger partial charge in [0, 0.05) is 31.0 Å². The normalized spacial score (nSPS) is 18.9. The van der Waals surface area contributed by atoms with Crippen LogP contribution in [0.4, 0.5) is 5.13 Å². The van der Waals surface area contributed by atoms with Gasteiger partial charge in [-0.3, -0.25) is 0 Å². The van der Waals surface area contributed by atoms with Crippen LogP contribution in [0.5, 0.6) is 0 Å². The van der Waals surface area contributed by atoms with Crippen molar-refractivity contribution in [1.82, 2.24) is 9.36 Å². The maximum atomic E-state index is 10.4. The molecular formula is C12H21N3OS. The maximum absolute atomic E-state index is 10.4. The highest BCUT2D eigenvalue weighted by Crippen LogP contribution is 2.31. The van der Waals surface area contributed by atoms with Crippen LogP contribution >= 0.6 is 11.5 Å². The second-order valence-corrected chi connectivity index (χ2v) is 6.11. The fourth-order valence-electron chi connectivity index (χ4n) is 2.32. The van der Waals surface area contributed by atoms with Crippen LogP contribution in [0.1, 0.15) is 51.3 Å². The van der Waals surface area contributed by atoms with E-state index in [0.29, 0.717) is 12.5 Å². The average molecular weight is 255 g/mol. The van der Waals surface area contributed by atoms with Crippen LogP contribution in [0.15, 0.2) is 0 Å². The maximum Gasteiger partial charge on any atom is 0.205 e. The van der Waals surface area contributed by atoms with Crippen LogP contribution in [0.25, 0.3) is 0 Å². The van der Waals surface area contributed by atoms with E-state index in [1.54, 1.807) is 0 Å². The molecule has 0 saturated heterocycles. The largest absolute Gasteiger partial charge is 0.388 e. The van der Waals surface area contributed by atoms with Gasteiger partial charge in [-0.1, -0.05) is 26.7 Å². The predicted molar refractivity (Wildman–Crippen MR) is 70.7 cm³/mol. The van der Waals surface area contributed by atoms with E-state index in [0.717, 1.165) is 36.6 Å². The van der Waals surface area contributed by atoms with Gasteiger partial charge in [0.05, 0.1) is 5.60 Å². The first-order chi connectivity index (χ1) is 8.00. The smallest absolute Gasteiger partial charge is 0.205 e. The number of likely N-dealkylation sites (N-methyl/N-ethyl adjacent to an activating group) is 1. The lowest BCUT2D eigenvalue weighted by Gasteiger charge is -2.27. The van der Waals surface area contributed by atoms with Crippen LogP contribution < -0.4 is 4.90 Å². The third-order valence-electron chi connectivity index (χ3n) is 3.34. The minimum atomic E-state index is -0.515. The SMILES string of the molecule is CC(C)c1nsc(N(C)CC2(O)CCCC2)n1. The van der Waals surface area contributed by atoms with Gasteiger partial charge in [-0.2, -0.15) is 4.37 Å². The van der Waals surface area contributed by atoms with E-state index in [4.69, 9.17) is 0 Å². The lowest BCUT2D eigenvalue weighted by molar-refractivity contribution is 0.0559. The zero-order chi connectivity index (χ0) is 12.5. The first-order valence-corrected chi connectivity index (χ1v) is 7.05. The molecule has 1 fully saturated rings. The predicted octanol–water partition coefficient (Wildman–Crippen LogP) is 2.40. The summed E-state index contributed by atoms with van der Waals surface area (Å²) in [5.41, 5.74) is -0.515. The summed E-state index contributed by atoms with van der Waals surface area (Å²) in [6.07, 6.45) is 4.09. The number of hydrogen-bond donors (Lipinski definition) is 1. The van der Waals surface area contributed by atoms with Crippen molar-refractivity contribution in [3.8, 4) is 0 Å². The van der Waals surface area contributed by atoms with Gasteiger partial charge in [-0.25, -0.2) is 4.98 Å². The molecule has 1 N–H and O–H groups in total. The quantitative estimate of drug-likeness (QED) is 0.897. The molecule has 96 valence electrons. The lowest BCUT2D eigenvalue weighted by atomic mass is 10.0. The van der Waals surface area contributed by atoms with E-state index in [2.05, 4.69) is 23.2 Å². The third kappa shape index (κ3) is 2.96. The highest BCUT2D eigenvalue weighted by Gasteiger charge is 2.33. The summed E-state index contributed by atoms with van der Waals surface area (Å²) in [4.78, 5) is 6.54. The Morgan fingerprint density at radius 1 is 1.41 bits per heavy atom. The molecule has 0 unspecified atom stereocenters. The van der Waals surface area contributed by atoms with Crippen molar-refractivity contribution in [1.29, 1.82) is 0 Å². The molecule has 1 heterocycles. The molecule has 0 atom stereocenters. The van der Waals surface area contributed by atoms with E-state index in [-0.39, 0.29) is 0 Å². The zero-order valence-corrected chi connectivity index (χ0v) is 11.6. The fourth-order valence-corrected chi connectivity index (χ4v) is 3.08. The van der Waals surface area contributed by atoms with E-state index < -0.39 is 5.60 Å². The minimum absolute atomic E-state index is 0.364. The van der Waals surface area contributed by atoms with Gasteiger partial charge < -0.3 is 10.0 Å². The van der Waals surface area contributed by atoms with E-state index in [1.807, 2.05) is 11.9 Å². The van der Waals surface area contributed by atoms with Gasteiger partial charge in [0.15, 0.2) is 0 Å². The van der Waals surface area contributed by atoms with E-state index in [1.165, 1.54) is 11.5 Å². The third-order valence-corrected chi connectivity index (χ3v) is 4.18. The standard InChI is InChI=1S/C12H21N3OS/c1-9(2)10-13-11(17-14-10)15(3)8-12(16)6-4-5-7-12/h9,16H,4-8H2,1-3H3. The van der Waals surface area contributed by atoms with Crippen molar-refractivity contribution in [3.05, 3.63) is 5.82 Å². The summed E-state index contributed by atoms with van der Waals surface area (Å²) in [6.45, 7) is 4.85. The van der Waals surface area contributed by atoms with E-state index in [9.17, 15) is 5.11 Å². The summed E-state index contributed by atoms with van der Waals surface area (Å²) in [6, 6.07) is 0.